The molecule has 0 atom stereocenters. The molecular formula is C15H16ClN3O. The zero-order chi connectivity index (χ0) is 14.1. The van der Waals surface area contributed by atoms with Gasteiger partial charge in [-0.2, -0.15) is 0 Å². The van der Waals surface area contributed by atoms with Crippen molar-refractivity contribution in [2.45, 2.75) is 25.7 Å². The molecule has 0 saturated carbocycles. The molecule has 2 aromatic rings. The quantitative estimate of drug-likeness (QED) is 0.889. The molecule has 1 aliphatic carbocycles. The average Bonchev–Trinajstić information content (AvgIpc) is 2.49. The standard InChI is InChI=1S/C15H16ClN3O/c1-17-15-10-4-2-3-5-12(10)18-14(19-15)9-6-7-13(20)11(16)8-9/h6-8,20H,2-5H2,1H3,(H,17,18,19). The van der Waals surface area contributed by atoms with Crippen molar-refractivity contribution in [1.29, 1.82) is 0 Å². The molecule has 0 unspecified atom stereocenters. The molecule has 3 rings (SSSR count). The maximum atomic E-state index is 9.50. The van der Waals surface area contributed by atoms with Crippen molar-refractivity contribution in [2.75, 3.05) is 12.4 Å². The Bertz CT molecular complexity index is 641. The monoisotopic (exact) mass is 289 g/mol. The Morgan fingerprint density at radius 2 is 2.00 bits per heavy atom. The molecule has 0 aliphatic heterocycles. The van der Waals surface area contributed by atoms with Crippen LogP contribution in [0.2, 0.25) is 5.02 Å². The van der Waals surface area contributed by atoms with Gasteiger partial charge in [0, 0.05) is 23.9 Å². The van der Waals surface area contributed by atoms with Crippen molar-refractivity contribution in [3.8, 4) is 17.1 Å². The van der Waals surface area contributed by atoms with Crippen molar-refractivity contribution >= 4 is 17.4 Å². The van der Waals surface area contributed by atoms with Gasteiger partial charge in [-0.1, -0.05) is 11.6 Å². The maximum Gasteiger partial charge on any atom is 0.161 e. The lowest BCUT2D eigenvalue weighted by Gasteiger charge is -2.18. The second-order valence-corrected chi connectivity index (χ2v) is 5.35. The second kappa shape index (κ2) is 5.29. The molecule has 1 aliphatic rings. The first kappa shape index (κ1) is 13.2. The third-order valence-corrected chi connectivity index (χ3v) is 3.93. The zero-order valence-corrected chi connectivity index (χ0v) is 12.0. The van der Waals surface area contributed by atoms with Gasteiger partial charge < -0.3 is 10.4 Å². The number of fused-ring (bicyclic) bond motifs is 1. The molecule has 0 fully saturated rings. The molecule has 104 valence electrons. The molecule has 5 heteroatoms. The number of rotatable bonds is 2. The van der Waals surface area contributed by atoms with Gasteiger partial charge in [-0.25, -0.2) is 9.97 Å². The van der Waals surface area contributed by atoms with E-state index in [0.29, 0.717) is 10.8 Å². The number of nitrogens with zero attached hydrogens (tertiary/aromatic N) is 2. The van der Waals surface area contributed by atoms with E-state index in [9.17, 15) is 5.11 Å². The molecular weight excluding hydrogens is 274 g/mol. The summed E-state index contributed by atoms with van der Waals surface area (Å²) in [6.07, 6.45) is 4.38. The number of halogens is 1. The normalized spacial score (nSPS) is 13.9. The number of phenolic OH excluding ortho intramolecular Hbond substituents is 1. The Morgan fingerprint density at radius 3 is 2.75 bits per heavy atom. The topological polar surface area (TPSA) is 58.0 Å². The smallest absolute Gasteiger partial charge is 0.161 e. The van der Waals surface area contributed by atoms with E-state index in [1.807, 2.05) is 7.05 Å². The van der Waals surface area contributed by atoms with Crippen molar-refractivity contribution < 1.29 is 5.11 Å². The Balaban J connectivity index is 2.11. The predicted octanol–water partition coefficient (Wildman–Crippen LogP) is 3.42. The summed E-state index contributed by atoms with van der Waals surface area (Å²) in [5.41, 5.74) is 3.17. The molecule has 4 nitrogen and oxygen atoms in total. The lowest BCUT2D eigenvalue weighted by molar-refractivity contribution is 0.475. The van der Waals surface area contributed by atoms with Crippen molar-refractivity contribution in [1.82, 2.24) is 9.97 Å². The first-order valence-electron chi connectivity index (χ1n) is 6.75. The first-order chi connectivity index (χ1) is 9.69. The fourth-order valence-corrected chi connectivity index (χ4v) is 2.76. The maximum absolute atomic E-state index is 9.50. The van der Waals surface area contributed by atoms with Crippen molar-refractivity contribution in [3.05, 3.63) is 34.5 Å². The number of aromatic hydroxyl groups is 1. The van der Waals surface area contributed by atoms with Crippen LogP contribution in [0.15, 0.2) is 18.2 Å². The summed E-state index contributed by atoms with van der Waals surface area (Å²) >= 11 is 5.96. The van der Waals surface area contributed by atoms with Crippen LogP contribution in [0.4, 0.5) is 5.82 Å². The highest BCUT2D eigenvalue weighted by atomic mass is 35.5. The Kier molecular flexibility index (Phi) is 3.49. The molecule has 2 N–H and O–H groups in total. The van der Waals surface area contributed by atoms with Gasteiger partial charge in [0.1, 0.15) is 11.6 Å². The molecule has 0 bridgehead atoms. The SMILES string of the molecule is CNc1nc(-c2ccc(O)c(Cl)c2)nc2c1CCCC2. The van der Waals surface area contributed by atoms with E-state index in [-0.39, 0.29) is 5.75 Å². The number of nitrogens with one attached hydrogen (secondary N) is 1. The summed E-state index contributed by atoms with van der Waals surface area (Å²) in [6, 6.07) is 5.05. The number of hydrogen-bond acceptors (Lipinski definition) is 4. The number of hydrogen-bond donors (Lipinski definition) is 2. The molecule has 0 amide bonds. The summed E-state index contributed by atoms with van der Waals surface area (Å²) in [4.78, 5) is 9.25. The van der Waals surface area contributed by atoms with Crippen LogP contribution in [0, 0.1) is 0 Å². The molecule has 0 radical (unpaired) electrons. The minimum atomic E-state index is 0.0715. The summed E-state index contributed by atoms with van der Waals surface area (Å²) < 4.78 is 0. The molecule has 0 saturated heterocycles. The van der Waals surface area contributed by atoms with E-state index >= 15 is 0 Å². The van der Waals surface area contributed by atoms with Crippen LogP contribution >= 0.6 is 11.6 Å². The molecule has 1 aromatic heterocycles. The van der Waals surface area contributed by atoms with Crippen molar-refractivity contribution in [2.24, 2.45) is 0 Å². The molecule has 20 heavy (non-hydrogen) atoms. The largest absolute Gasteiger partial charge is 0.506 e. The minimum Gasteiger partial charge on any atom is -0.506 e. The lowest BCUT2D eigenvalue weighted by Crippen LogP contribution is -2.11. The van der Waals surface area contributed by atoms with Gasteiger partial charge in [-0.05, 0) is 43.9 Å². The third kappa shape index (κ3) is 2.31. The number of benzene rings is 1. The van der Waals surface area contributed by atoms with E-state index in [2.05, 4.69) is 15.3 Å². The number of phenols is 1. The van der Waals surface area contributed by atoms with Gasteiger partial charge in [0.25, 0.3) is 0 Å². The van der Waals surface area contributed by atoms with E-state index in [1.165, 1.54) is 18.4 Å². The van der Waals surface area contributed by atoms with E-state index in [1.54, 1.807) is 18.2 Å². The van der Waals surface area contributed by atoms with Gasteiger partial charge in [0.15, 0.2) is 5.82 Å². The highest BCUT2D eigenvalue weighted by Gasteiger charge is 2.18. The fraction of sp³-hybridized carbons (Fsp3) is 0.333. The highest BCUT2D eigenvalue weighted by Crippen LogP contribution is 2.31. The highest BCUT2D eigenvalue weighted by molar-refractivity contribution is 6.32. The van der Waals surface area contributed by atoms with Crippen LogP contribution in [-0.4, -0.2) is 22.1 Å². The zero-order valence-electron chi connectivity index (χ0n) is 11.3. The predicted molar refractivity (Wildman–Crippen MR) is 80.3 cm³/mol. The van der Waals surface area contributed by atoms with E-state index < -0.39 is 0 Å². The van der Waals surface area contributed by atoms with Gasteiger partial charge in [-0.3, -0.25) is 0 Å². The lowest BCUT2D eigenvalue weighted by atomic mass is 9.96. The summed E-state index contributed by atoms with van der Waals surface area (Å²) in [5, 5.41) is 13.0. The summed E-state index contributed by atoms with van der Waals surface area (Å²) in [5.74, 6) is 1.62. The average molecular weight is 290 g/mol. The van der Waals surface area contributed by atoms with E-state index in [4.69, 9.17) is 11.6 Å². The minimum absolute atomic E-state index is 0.0715. The Morgan fingerprint density at radius 1 is 1.20 bits per heavy atom. The number of aromatic nitrogens is 2. The Hall–Kier alpha value is -1.81. The molecule has 0 spiro atoms. The Labute approximate surface area is 122 Å². The van der Waals surface area contributed by atoms with Gasteiger partial charge in [0.2, 0.25) is 0 Å². The molecule has 1 aromatic carbocycles. The van der Waals surface area contributed by atoms with Crippen LogP contribution in [0.5, 0.6) is 5.75 Å². The summed E-state index contributed by atoms with van der Waals surface area (Å²) in [7, 11) is 1.88. The number of anilines is 1. The fourth-order valence-electron chi connectivity index (χ4n) is 2.58. The van der Waals surface area contributed by atoms with Crippen LogP contribution < -0.4 is 5.32 Å². The van der Waals surface area contributed by atoms with Gasteiger partial charge in [0.05, 0.1) is 5.02 Å². The summed E-state index contributed by atoms with van der Waals surface area (Å²) in [6.45, 7) is 0. The first-order valence-corrected chi connectivity index (χ1v) is 7.13. The van der Waals surface area contributed by atoms with Gasteiger partial charge in [-0.15, -0.1) is 0 Å². The van der Waals surface area contributed by atoms with Crippen LogP contribution in [0.25, 0.3) is 11.4 Å². The second-order valence-electron chi connectivity index (χ2n) is 4.94. The van der Waals surface area contributed by atoms with Crippen molar-refractivity contribution in [3.63, 3.8) is 0 Å². The van der Waals surface area contributed by atoms with Crippen LogP contribution in [0.1, 0.15) is 24.1 Å². The molecule has 1 heterocycles. The third-order valence-electron chi connectivity index (χ3n) is 3.63. The van der Waals surface area contributed by atoms with Crippen LogP contribution in [-0.2, 0) is 12.8 Å². The number of aryl methyl sites for hydroxylation is 1. The van der Waals surface area contributed by atoms with Crippen LogP contribution in [0.3, 0.4) is 0 Å². The van der Waals surface area contributed by atoms with Gasteiger partial charge >= 0.3 is 0 Å². The van der Waals surface area contributed by atoms with E-state index in [0.717, 1.165) is 29.9 Å².